The van der Waals surface area contributed by atoms with Gasteiger partial charge in [0, 0.05) is 12.3 Å². The summed E-state index contributed by atoms with van der Waals surface area (Å²) in [5.74, 6) is -0.698. The number of aromatic nitrogens is 2. The standard InChI is InChI=1S/C16H14F2N2O5/c17-12-10(8-24-15(22)9-4-2-1-3-5-9)25-14(13(12)18)20-7-6-11(21)19-16(20)23/h1-7,10,12-14H,8H2,(H,19,21,23)/t10-,12-,13-,14-/m1/s1. The van der Waals surface area contributed by atoms with Crippen LogP contribution in [0.2, 0.25) is 0 Å². The highest BCUT2D eigenvalue weighted by atomic mass is 19.2. The molecule has 0 spiro atoms. The van der Waals surface area contributed by atoms with E-state index in [9.17, 15) is 23.2 Å². The SMILES string of the molecule is O=C(OC[C@H]1O[C@@H](n2ccc(=O)[nH]c2=O)[C@H](F)[C@@H]1F)c1ccccc1. The van der Waals surface area contributed by atoms with Gasteiger partial charge in [-0.2, -0.15) is 0 Å². The predicted octanol–water partition coefficient (Wildman–Crippen LogP) is 0.967. The molecular formula is C16H14F2N2O5. The molecule has 1 aromatic heterocycles. The van der Waals surface area contributed by atoms with Gasteiger partial charge in [0.25, 0.3) is 5.56 Å². The minimum absolute atomic E-state index is 0.265. The molecule has 0 amide bonds. The number of esters is 1. The number of hydrogen-bond acceptors (Lipinski definition) is 5. The van der Waals surface area contributed by atoms with Crippen LogP contribution in [0, 0.1) is 0 Å². The van der Waals surface area contributed by atoms with Crippen LogP contribution in [0.1, 0.15) is 16.6 Å². The van der Waals surface area contributed by atoms with Crippen molar-refractivity contribution >= 4 is 5.97 Å². The van der Waals surface area contributed by atoms with Gasteiger partial charge in [-0.3, -0.25) is 14.3 Å². The number of ether oxygens (including phenoxy) is 2. The van der Waals surface area contributed by atoms with Crippen LogP contribution < -0.4 is 11.2 Å². The number of H-pyrrole nitrogens is 1. The normalized spacial score (nSPS) is 25.7. The van der Waals surface area contributed by atoms with Gasteiger partial charge in [0.1, 0.15) is 12.7 Å². The zero-order chi connectivity index (χ0) is 18.0. The summed E-state index contributed by atoms with van der Waals surface area (Å²) in [5, 5.41) is 0. The molecule has 1 fully saturated rings. The van der Waals surface area contributed by atoms with Gasteiger partial charge in [-0.25, -0.2) is 18.4 Å². The van der Waals surface area contributed by atoms with E-state index >= 15 is 0 Å². The Morgan fingerprint density at radius 1 is 1.16 bits per heavy atom. The maximum absolute atomic E-state index is 14.2. The summed E-state index contributed by atoms with van der Waals surface area (Å²) in [6.07, 6.45) is -6.15. The molecule has 2 aromatic rings. The van der Waals surface area contributed by atoms with Gasteiger partial charge in [-0.05, 0) is 12.1 Å². The van der Waals surface area contributed by atoms with Gasteiger partial charge >= 0.3 is 11.7 Å². The van der Waals surface area contributed by atoms with Crippen molar-refractivity contribution in [3.63, 3.8) is 0 Å². The van der Waals surface area contributed by atoms with Crippen LogP contribution >= 0.6 is 0 Å². The second-order valence-corrected chi connectivity index (χ2v) is 5.44. The number of nitrogens with one attached hydrogen (secondary N) is 1. The Morgan fingerprint density at radius 3 is 2.56 bits per heavy atom. The number of rotatable bonds is 4. The highest BCUT2D eigenvalue weighted by Gasteiger charge is 2.47. The third-order valence-corrected chi connectivity index (χ3v) is 3.76. The maximum Gasteiger partial charge on any atom is 0.338 e. The number of aromatic amines is 1. The van der Waals surface area contributed by atoms with Crippen molar-refractivity contribution in [1.82, 2.24) is 9.55 Å². The van der Waals surface area contributed by atoms with Crippen LogP contribution in [0.4, 0.5) is 8.78 Å². The first-order chi connectivity index (χ1) is 12.0. The predicted molar refractivity (Wildman–Crippen MR) is 81.7 cm³/mol. The van der Waals surface area contributed by atoms with Crippen molar-refractivity contribution in [2.75, 3.05) is 6.61 Å². The highest BCUT2D eigenvalue weighted by molar-refractivity contribution is 5.89. The molecule has 0 radical (unpaired) electrons. The van der Waals surface area contributed by atoms with E-state index < -0.39 is 48.5 Å². The second-order valence-electron chi connectivity index (χ2n) is 5.44. The number of carbonyl (C=O) groups is 1. The van der Waals surface area contributed by atoms with E-state index in [-0.39, 0.29) is 5.56 Å². The van der Waals surface area contributed by atoms with Crippen LogP contribution in [-0.2, 0) is 9.47 Å². The molecule has 0 aliphatic carbocycles. The van der Waals surface area contributed by atoms with Crippen LogP contribution in [0.5, 0.6) is 0 Å². The Balaban J connectivity index is 1.69. The molecule has 1 aromatic carbocycles. The number of carbonyl (C=O) groups excluding carboxylic acids is 1. The molecule has 0 unspecified atom stereocenters. The van der Waals surface area contributed by atoms with E-state index in [0.29, 0.717) is 0 Å². The minimum atomic E-state index is -2.15. The molecule has 1 saturated heterocycles. The summed E-state index contributed by atoms with van der Waals surface area (Å²) in [4.78, 5) is 36.5. The molecule has 1 N–H and O–H groups in total. The third kappa shape index (κ3) is 3.50. The second kappa shape index (κ2) is 6.98. The zero-order valence-electron chi connectivity index (χ0n) is 12.8. The summed E-state index contributed by atoms with van der Waals surface area (Å²) in [7, 11) is 0. The molecule has 132 valence electrons. The molecule has 7 nitrogen and oxygen atoms in total. The monoisotopic (exact) mass is 352 g/mol. The first-order valence-electron chi connectivity index (χ1n) is 7.44. The fourth-order valence-corrected chi connectivity index (χ4v) is 2.48. The quantitative estimate of drug-likeness (QED) is 0.828. The fourth-order valence-electron chi connectivity index (χ4n) is 2.48. The molecule has 2 heterocycles. The van der Waals surface area contributed by atoms with Crippen molar-refractivity contribution < 1.29 is 23.0 Å². The molecule has 0 bridgehead atoms. The number of nitrogens with zero attached hydrogens (tertiary/aromatic N) is 1. The summed E-state index contributed by atoms with van der Waals surface area (Å²) >= 11 is 0. The Hall–Kier alpha value is -2.81. The molecule has 0 saturated carbocycles. The van der Waals surface area contributed by atoms with Gasteiger partial charge in [0.2, 0.25) is 0 Å². The fraction of sp³-hybridized carbons (Fsp3) is 0.312. The van der Waals surface area contributed by atoms with Crippen LogP contribution in [-0.4, -0.2) is 40.6 Å². The van der Waals surface area contributed by atoms with E-state index in [1.807, 2.05) is 4.98 Å². The van der Waals surface area contributed by atoms with Gasteiger partial charge in [-0.15, -0.1) is 0 Å². The van der Waals surface area contributed by atoms with E-state index in [0.717, 1.165) is 16.8 Å². The first-order valence-corrected chi connectivity index (χ1v) is 7.44. The summed E-state index contributed by atoms with van der Waals surface area (Å²) < 4.78 is 39.1. The van der Waals surface area contributed by atoms with E-state index in [2.05, 4.69) is 0 Å². The van der Waals surface area contributed by atoms with Crippen LogP contribution in [0.15, 0.2) is 52.2 Å². The topological polar surface area (TPSA) is 90.4 Å². The molecule has 1 aliphatic heterocycles. The summed E-state index contributed by atoms with van der Waals surface area (Å²) in [6.45, 7) is -0.510. The lowest BCUT2D eigenvalue weighted by molar-refractivity contribution is -0.0501. The van der Waals surface area contributed by atoms with Gasteiger partial charge in [-0.1, -0.05) is 18.2 Å². The number of halogens is 2. The maximum atomic E-state index is 14.2. The largest absolute Gasteiger partial charge is 0.459 e. The average Bonchev–Trinajstić information content (AvgIpc) is 2.89. The number of benzene rings is 1. The van der Waals surface area contributed by atoms with Crippen LogP contribution in [0.3, 0.4) is 0 Å². The number of alkyl halides is 2. The third-order valence-electron chi connectivity index (χ3n) is 3.76. The molecule has 1 aliphatic rings. The molecular weight excluding hydrogens is 338 g/mol. The lowest BCUT2D eigenvalue weighted by Crippen LogP contribution is -2.34. The minimum Gasteiger partial charge on any atom is -0.459 e. The van der Waals surface area contributed by atoms with Crippen LogP contribution in [0.25, 0.3) is 0 Å². The Labute approximate surface area is 139 Å². The van der Waals surface area contributed by atoms with Gasteiger partial charge < -0.3 is 9.47 Å². The van der Waals surface area contributed by atoms with Crippen molar-refractivity contribution in [3.05, 3.63) is 69.0 Å². The smallest absolute Gasteiger partial charge is 0.338 e. The van der Waals surface area contributed by atoms with Crippen molar-refractivity contribution in [1.29, 1.82) is 0 Å². The molecule has 9 heteroatoms. The Kier molecular flexibility index (Phi) is 4.75. The zero-order valence-corrected chi connectivity index (χ0v) is 12.8. The molecule has 4 atom stereocenters. The van der Waals surface area contributed by atoms with Crippen molar-refractivity contribution in [2.45, 2.75) is 24.7 Å². The van der Waals surface area contributed by atoms with Crippen molar-refractivity contribution in [3.8, 4) is 0 Å². The Bertz CT molecular complexity index is 867. The van der Waals surface area contributed by atoms with E-state index in [1.165, 1.54) is 12.1 Å². The lowest BCUT2D eigenvalue weighted by Gasteiger charge is -2.15. The summed E-state index contributed by atoms with van der Waals surface area (Å²) in [6, 6.07) is 9.02. The lowest BCUT2D eigenvalue weighted by atomic mass is 10.2. The molecule has 25 heavy (non-hydrogen) atoms. The number of hydrogen-bond donors (Lipinski definition) is 1. The van der Waals surface area contributed by atoms with E-state index in [1.54, 1.807) is 18.2 Å². The van der Waals surface area contributed by atoms with E-state index in [4.69, 9.17) is 9.47 Å². The van der Waals surface area contributed by atoms with Gasteiger partial charge in [0.05, 0.1) is 5.56 Å². The first kappa shape index (κ1) is 17.0. The Morgan fingerprint density at radius 2 is 1.88 bits per heavy atom. The van der Waals surface area contributed by atoms with Gasteiger partial charge in [0.15, 0.2) is 18.6 Å². The highest BCUT2D eigenvalue weighted by Crippen LogP contribution is 2.33. The average molecular weight is 352 g/mol. The summed E-state index contributed by atoms with van der Waals surface area (Å²) in [5.41, 5.74) is -1.32. The van der Waals surface area contributed by atoms with Crippen molar-refractivity contribution in [2.24, 2.45) is 0 Å². The molecule has 3 rings (SSSR count).